The molecule has 52 heavy (non-hydrogen) atoms. The third-order valence-corrected chi connectivity index (χ3v) is 10.1. The molecule has 8 aromatic rings. The molecule has 4 nitrogen and oxygen atoms in total. The minimum Gasteiger partial charge on any atom is -0.504 e. The molecular formula is C48H32N2O2. The van der Waals surface area contributed by atoms with Gasteiger partial charge in [-0.1, -0.05) is 176 Å². The van der Waals surface area contributed by atoms with Gasteiger partial charge in [-0.05, 0) is 45.5 Å². The molecule has 0 saturated heterocycles. The molecule has 1 N–H and O–H groups in total. The van der Waals surface area contributed by atoms with Gasteiger partial charge >= 0.3 is 0 Å². The molecular weight excluding hydrogens is 637 g/mol. The highest BCUT2D eigenvalue weighted by Crippen LogP contribution is 2.51. The molecule has 0 aliphatic heterocycles. The smallest absolute Gasteiger partial charge is 0.193 e. The number of aromatic nitrogens is 2. The second kappa shape index (κ2) is 12.8. The van der Waals surface area contributed by atoms with Gasteiger partial charge < -0.3 is 5.11 Å². The Morgan fingerprint density at radius 2 is 0.846 bits per heavy atom. The molecule has 0 fully saturated rings. The van der Waals surface area contributed by atoms with E-state index in [4.69, 9.17) is 9.97 Å². The third-order valence-electron chi connectivity index (χ3n) is 10.1. The molecule has 0 saturated carbocycles. The second-order valence-corrected chi connectivity index (χ2v) is 13.0. The van der Waals surface area contributed by atoms with Gasteiger partial charge in [0.1, 0.15) is 11.4 Å². The summed E-state index contributed by atoms with van der Waals surface area (Å²) < 4.78 is 0. The standard InChI is InChI=1S/C48H32N2O2/c51-45-39-26-10-12-28-41(39)48(37-23-8-3-9-24-37,42-29-13-11-27-40(42)45)38-25-15-21-35(31-38)34-20-14-22-36(30-34)44-46(52)43(32-16-4-1-5-17-32)49-47(50-44)33-18-6-2-7-19-33/h1-31,52H. The molecule has 4 heteroatoms. The molecule has 1 aromatic heterocycles. The van der Waals surface area contributed by atoms with Crippen LogP contribution in [0.4, 0.5) is 0 Å². The lowest BCUT2D eigenvalue weighted by Crippen LogP contribution is -2.38. The predicted octanol–water partition coefficient (Wildman–Crippen LogP) is 10.8. The molecule has 0 amide bonds. The summed E-state index contributed by atoms with van der Waals surface area (Å²) >= 11 is 0. The van der Waals surface area contributed by atoms with Gasteiger partial charge in [-0.25, -0.2) is 9.97 Å². The first-order chi connectivity index (χ1) is 25.6. The SMILES string of the molecule is O=C1c2ccccc2C(c2ccccc2)(c2cccc(-c3cccc(-c4nc(-c5ccccc5)nc(-c5ccccc5)c4O)c3)c2)c2ccccc21. The van der Waals surface area contributed by atoms with Crippen LogP contribution in [0.3, 0.4) is 0 Å². The van der Waals surface area contributed by atoms with Gasteiger partial charge in [0.2, 0.25) is 0 Å². The Morgan fingerprint density at radius 3 is 1.48 bits per heavy atom. The second-order valence-electron chi connectivity index (χ2n) is 13.0. The number of nitrogens with zero attached hydrogens (tertiary/aromatic N) is 2. The number of rotatable bonds is 6. The number of carbonyl (C=O) groups excluding carboxylic acids is 1. The molecule has 1 aliphatic carbocycles. The molecule has 1 aliphatic rings. The average molecular weight is 669 g/mol. The Bertz CT molecular complexity index is 2550. The van der Waals surface area contributed by atoms with Crippen LogP contribution in [-0.4, -0.2) is 20.9 Å². The number of hydrogen-bond donors (Lipinski definition) is 1. The summed E-state index contributed by atoms with van der Waals surface area (Å²) in [5.74, 6) is 0.601. The van der Waals surface area contributed by atoms with Crippen LogP contribution in [0.15, 0.2) is 188 Å². The Labute approximate surface area is 302 Å². The quantitative estimate of drug-likeness (QED) is 0.192. The third kappa shape index (κ3) is 5.04. The van der Waals surface area contributed by atoms with E-state index in [0.717, 1.165) is 50.1 Å². The van der Waals surface area contributed by atoms with Gasteiger partial charge in [-0.15, -0.1) is 0 Å². The normalized spacial score (nSPS) is 12.9. The van der Waals surface area contributed by atoms with Crippen LogP contribution >= 0.6 is 0 Å². The summed E-state index contributed by atoms with van der Waals surface area (Å²) in [5, 5.41) is 11.8. The fraction of sp³-hybridized carbons (Fsp3) is 0.0208. The van der Waals surface area contributed by atoms with Crippen molar-refractivity contribution in [3.63, 3.8) is 0 Å². The number of benzene rings is 7. The first kappa shape index (κ1) is 31.1. The average Bonchev–Trinajstić information content (AvgIpc) is 3.22. The van der Waals surface area contributed by atoms with Crippen molar-refractivity contribution in [2.24, 2.45) is 0 Å². The van der Waals surface area contributed by atoms with E-state index in [9.17, 15) is 9.90 Å². The van der Waals surface area contributed by atoms with E-state index in [-0.39, 0.29) is 11.5 Å². The van der Waals surface area contributed by atoms with Crippen LogP contribution in [-0.2, 0) is 5.41 Å². The van der Waals surface area contributed by atoms with E-state index in [1.54, 1.807) is 0 Å². The molecule has 0 radical (unpaired) electrons. The van der Waals surface area contributed by atoms with Crippen LogP contribution < -0.4 is 0 Å². The van der Waals surface area contributed by atoms with Gasteiger partial charge in [-0.2, -0.15) is 0 Å². The molecule has 7 aromatic carbocycles. The van der Waals surface area contributed by atoms with E-state index >= 15 is 0 Å². The lowest BCUT2D eigenvalue weighted by Gasteiger charge is -2.41. The maximum atomic E-state index is 13.9. The topological polar surface area (TPSA) is 63.1 Å². The minimum atomic E-state index is -0.740. The first-order valence-corrected chi connectivity index (χ1v) is 17.4. The van der Waals surface area contributed by atoms with Gasteiger partial charge in [-0.3, -0.25) is 4.79 Å². The monoisotopic (exact) mass is 668 g/mol. The van der Waals surface area contributed by atoms with Crippen LogP contribution in [0.5, 0.6) is 5.75 Å². The fourth-order valence-electron chi connectivity index (χ4n) is 7.73. The highest BCUT2D eigenvalue weighted by atomic mass is 16.3. The van der Waals surface area contributed by atoms with Crippen molar-refractivity contribution in [2.45, 2.75) is 5.41 Å². The summed E-state index contributed by atoms with van der Waals surface area (Å²) in [7, 11) is 0. The lowest BCUT2D eigenvalue weighted by molar-refractivity contribution is 0.103. The lowest BCUT2D eigenvalue weighted by atomic mass is 9.59. The highest BCUT2D eigenvalue weighted by molar-refractivity contribution is 6.14. The van der Waals surface area contributed by atoms with Gasteiger partial charge in [0.15, 0.2) is 17.4 Å². The zero-order chi connectivity index (χ0) is 35.1. The number of aromatic hydroxyl groups is 1. The van der Waals surface area contributed by atoms with E-state index in [1.807, 2.05) is 115 Å². The van der Waals surface area contributed by atoms with Crippen molar-refractivity contribution in [1.29, 1.82) is 0 Å². The molecule has 0 atom stereocenters. The maximum Gasteiger partial charge on any atom is 0.193 e. The number of carbonyl (C=O) groups is 1. The molecule has 0 bridgehead atoms. The van der Waals surface area contributed by atoms with Crippen molar-refractivity contribution in [3.8, 4) is 50.8 Å². The van der Waals surface area contributed by atoms with E-state index in [1.165, 1.54) is 0 Å². The van der Waals surface area contributed by atoms with Crippen molar-refractivity contribution in [3.05, 3.63) is 221 Å². The van der Waals surface area contributed by atoms with Gasteiger partial charge in [0.25, 0.3) is 0 Å². The van der Waals surface area contributed by atoms with Gasteiger partial charge in [0.05, 0.1) is 5.41 Å². The molecule has 1 heterocycles. The van der Waals surface area contributed by atoms with Crippen molar-refractivity contribution in [1.82, 2.24) is 9.97 Å². The Kier molecular flexibility index (Phi) is 7.63. The van der Waals surface area contributed by atoms with E-state index < -0.39 is 5.41 Å². The highest BCUT2D eigenvalue weighted by Gasteiger charge is 2.46. The summed E-state index contributed by atoms with van der Waals surface area (Å²) in [4.78, 5) is 23.7. The molecule has 9 rings (SSSR count). The van der Waals surface area contributed by atoms with E-state index in [0.29, 0.717) is 28.3 Å². The summed E-state index contributed by atoms with van der Waals surface area (Å²) in [6, 6.07) is 62.8. The van der Waals surface area contributed by atoms with Gasteiger partial charge in [0, 0.05) is 27.8 Å². The Hall–Kier alpha value is -6.91. The predicted molar refractivity (Wildman–Crippen MR) is 207 cm³/mol. The van der Waals surface area contributed by atoms with Crippen LogP contribution in [0.2, 0.25) is 0 Å². The molecule has 0 spiro atoms. The zero-order valence-electron chi connectivity index (χ0n) is 28.1. The van der Waals surface area contributed by atoms with Crippen molar-refractivity contribution < 1.29 is 9.90 Å². The Balaban J connectivity index is 1.24. The molecule has 0 unspecified atom stereocenters. The van der Waals surface area contributed by atoms with Crippen LogP contribution in [0.1, 0.15) is 38.2 Å². The van der Waals surface area contributed by atoms with Crippen LogP contribution in [0, 0.1) is 0 Å². The maximum absolute atomic E-state index is 13.9. The number of hydrogen-bond acceptors (Lipinski definition) is 4. The first-order valence-electron chi connectivity index (χ1n) is 17.4. The Morgan fingerprint density at radius 1 is 0.404 bits per heavy atom. The summed E-state index contributed by atoms with van der Waals surface area (Å²) in [6.07, 6.45) is 0. The van der Waals surface area contributed by atoms with Crippen LogP contribution in [0.25, 0.3) is 45.0 Å². The summed E-state index contributed by atoms with van der Waals surface area (Å²) in [5.41, 5.74) is 10.1. The zero-order valence-corrected chi connectivity index (χ0v) is 28.1. The number of fused-ring (bicyclic) bond motifs is 2. The molecule has 246 valence electrons. The van der Waals surface area contributed by atoms with Crippen molar-refractivity contribution in [2.75, 3.05) is 0 Å². The number of ketones is 1. The largest absolute Gasteiger partial charge is 0.504 e. The van der Waals surface area contributed by atoms with E-state index in [2.05, 4.69) is 72.8 Å². The minimum absolute atomic E-state index is 0.0277. The summed E-state index contributed by atoms with van der Waals surface area (Å²) in [6.45, 7) is 0. The fourth-order valence-corrected chi connectivity index (χ4v) is 7.73. The van der Waals surface area contributed by atoms with Crippen molar-refractivity contribution >= 4 is 5.78 Å².